The molecule has 14 heavy (non-hydrogen) atoms. The Kier molecular flexibility index (Phi) is 3.89. The third kappa shape index (κ3) is 3.00. The predicted octanol–water partition coefficient (Wildman–Crippen LogP) is 3.27. The van der Waals surface area contributed by atoms with Crippen LogP contribution < -0.4 is 5.73 Å². The number of nitrogens with zero attached hydrogens (tertiary/aromatic N) is 1. The second-order valence-electron chi connectivity index (χ2n) is 2.95. The summed E-state index contributed by atoms with van der Waals surface area (Å²) in [6.07, 6.45) is 1.64. The Labute approximate surface area is 87.6 Å². The van der Waals surface area contributed by atoms with Gasteiger partial charge in [0, 0.05) is 6.42 Å². The third-order valence-electron chi connectivity index (χ3n) is 1.68. The fourth-order valence-corrected chi connectivity index (χ4v) is 1.25. The quantitative estimate of drug-likeness (QED) is 0.609. The van der Waals surface area contributed by atoms with E-state index in [1.807, 2.05) is 6.92 Å². The smallest absolute Gasteiger partial charge is 0.124 e. The van der Waals surface area contributed by atoms with Crippen LogP contribution in [-0.2, 0) is 0 Å². The second-order valence-corrected chi connectivity index (χ2v) is 3.36. The SMILES string of the molecule is CCCC(N)=Nc1ccc(F)cc1Cl. The first-order chi connectivity index (χ1) is 6.63. The van der Waals surface area contributed by atoms with Gasteiger partial charge in [-0.3, -0.25) is 0 Å². The van der Waals surface area contributed by atoms with Crippen LogP contribution >= 0.6 is 11.6 Å². The van der Waals surface area contributed by atoms with Crippen LogP contribution in [0, 0.1) is 5.82 Å². The van der Waals surface area contributed by atoms with E-state index in [-0.39, 0.29) is 10.8 Å². The lowest BCUT2D eigenvalue weighted by atomic mass is 10.3. The van der Waals surface area contributed by atoms with Gasteiger partial charge in [-0.15, -0.1) is 0 Å². The molecule has 76 valence electrons. The number of hydrogen-bond acceptors (Lipinski definition) is 1. The molecule has 0 unspecified atom stereocenters. The summed E-state index contributed by atoms with van der Waals surface area (Å²) in [5, 5.41) is 0.282. The number of rotatable bonds is 3. The molecule has 0 heterocycles. The van der Waals surface area contributed by atoms with Gasteiger partial charge in [-0.2, -0.15) is 0 Å². The zero-order valence-corrected chi connectivity index (χ0v) is 8.68. The number of amidine groups is 1. The number of nitrogens with two attached hydrogens (primary N) is 1. The molecule has 2 nitrogen and oxygen atoms in total. The van der Waals surface area contributed by atoms with Crippen molar-refractivity contribution in [3.05, 3.63) is 29.0 Å². The van der Waals surface area contributed by atoms with Gasteiger partial charge < -0.3 is 5.73 Å². The van der Waals surface area contributed by atoms with E-state index in [4.69, 9.17) is 17.3 Å². The predicted molar refractivity (Wildman–Crippen MR) is 57.6 cm³/mol. The lowest BCUT2D eigenvalue weighted by Crippen LogP contribution is -2.09. The maximum atomic E-state index is 12.7. The van der Waals surface area contributed by atoms with Crippen molar-refractivity contribution >= 4 is 23.1 Å². The molecular formula is C10H12ClFN2. The van der Waals surface area contributed by atoms with Gasteiger partial charge in [0.05, 0.1) is 16.5 Å². The molecule has 0 aliphatic rings. The molecule has 0 saturated heterocycles. The zero-order chi connectivity index (χ0) is 10.6. The van der Waals surface area contributed by atoms with Gasteiger partial charge in [0.15, 0.2) is 0 Å². The van der Waals surface area contributed by atoms with E-state index < -0.39 is 0 Å². The fourth-order valence-electron chi connectivity index (χ4n) is 1.04. The maximum Gasteiger partial charge on any atom is 0.124 e. The fraction of sp³-hybridized carbons (Fsp3) is 0.300. The lowest BCUT2D eigenvalue weighted by Gasteiger charge is -2.00. The van der Waals surface area contributed by atoms with Crippen molar-refractivity contribution < 1.29 is 4.39 Å². The summed E-state index contributed by atoms with van der Waals surface area (Å²) in [6, 6.07) is 4.05. The van der Waals surface area contributed by atoms with Gasteiger partial charge in [0.25, 0.3) is 0 Å². The van der Waals surface area contributed by atoms with Crippen LogP contribution in [0.15, 0.2) is 23.2 Å². The van der Waals surface area contributed by atoms with Crippen molar-refractivity contribution in [2.75, 3.05) is 0 Å². The zero-order valence-electron chi connectivity index (χ0n) is 7.93. The van der Waals surface area contributed by atoms with Gasteiger partial charge in [0.1, 0.15) is 5.82 Å². The molecule has 1 rings (SSSR count). The number of halogens is 2. The summed E-state index contributed by atoms with van der Waals surface area (Å²) < 4.78 is 12.7. The molecule has 0 aliphatic heterocycles. The Morgan fingerprint density at radius 3 is 2.86 bits per heavy atom. The summed E-state index contributed by atoms with van der Waals surface area (Å²) in [5.41, 5.74) is 6.13. The first kappa shape index (κ1) is 11.0. The van der Waals surface area contributed by atoms with E-state index in [9.17, 15) is 4.39 Å². The normalized spacial score (nSPS) is 11.8. The highest BCUT2D eigenvalue weighted by molar-refractivity contribution is 6.33. The highest BCUT2D eigenvalue weighted by Gasteiger charge is 2.00. The summed E-state index contributed by atoms with van der Waals surface area (Å²) in [7, 11) is 0. The Hall–Kier alpha value is -1.09. The molecule has 1 aromatic carbocycles. The Bertz CT molecular complexity index is 350. The average molecular weight is 215 g/mol. The molecule has 0 aliphatic carbocycles. The second kappa shape index (κ2) is 4.96. The molecule has 2 N–H and O–H groups in total. The van der Waals surface area contributed by atoms with Crippen molar-refractivity contribution in [2.45, 2.75) is 19.8 Å². The summed E-state index contributed by atoms with van der Waals surface area (Å²) in [4.78, 5) is 4.09. The van der Waals surface area contributed by atoms with E-state index in [2.05, 4.69) is 4.99 Å². The molecule has 0 saturated carbocycles. The average Bonchev–Trinajstić information content (AvgIpc) is 2.10. The van der Waals surface area contributed by atoms with E-state index in [0.29, 0.717) is 17.9 Å². The largest absolute Gasteiger partial charge is 0.387 e. The highest BCUT2D eigenvalue weighted by Crippen LogP contribution is 2.25. The molecule has 0 atom stereocenters. The van der Waals surface area contributed by atoms with Crippen LogP contribution in [0.3, 0.4) is 0 Å². The summed E-state index contributed by atoms with van der Waals surface area (Å²) >= 11 is 5.77. The molecule has 0 aromatic heterocycles. The van der Waals surface area contributed by atoms with Crippen LogP contribution in [0.1, 0.15) is 19.8 Å². The molecule has 0 spiro atoms. The maximum absolute atomic E-state index is 12.7. The molecular weight excluding hydrogens is 203 g/mol. The first-order valence-corrected chi connectivity index (χ1v) is 4.79. The van der Waals surface area contributed by atoms with Gasteiger partial charge >= 0.3 is 0 Å². The van der Waals surface area contributed by atoms with Crippen LogP contribution in [0.5, 0.6) is 0 Å². The topological polar surface area (TPSA) is 38.4 Å². The first-order valence-electron chi connectivity index (χ1n) is 4.41. The standard InChI is InChI=1S/C10H12ClFN2/c1-2-3-10(13)14-9-5-4-7(12)6-8(9)11/h4-6H,2-3H2,1H3,(H2,13,14). The van der Waals surface area contributed by atoms with Crippen LogP contribution in [0.25, 0.3) is 0 Å². The van der Waals surface area contributed by atoms with Crippen molar-refractivity contribution in [3.8, 4) is 0 Å². The van der Waals surface area contributed by atoms with Crippen LogP contribution in [-0.4, -0.2) is 5.84 Å². The van der Waals surface area contributed by atoms with E-state index in [1.54, 1.807) is 0 Å². The molecule has 0 fully saturated rings. The number of aliphatic imine (C=N–C) groups is 1. The summed E-state index contributed by atoms with van der Waals surface area (Å²) in [5.74, 6) is 0.143. The van der Waals surface area contributed by atoms with Gasteiger partial charge in [-0.1, -0.05) is 18.5 Å². The van der Waals surface area contributed by atoms with Crippen molar-refractivity contribution in [3.63, 3.8) is 0 Å². The van der Waals surface area contributed by atoms with Crippen molar-refractivity contribution in [2.24, 2.45) is 10.7 Å². The molecule has 4 heteroatoms. The van der Waals surface area contributed by atoms with Gasteiger partial charge in [-0.05, 0) is 24.6 Å². The van der Waals surface area contributed by atoms with Crippen molar-refractivity contribution in [1.82, 2.24) is 0 Å². The van der Waals surface area contributed by atoms with Gasteiger partial charge in [-0.25, -0.2) is 9.38 Å². The molecule has 0 radical (unpaired) electrons. The Balaban J connectivity index is 2.91. The highest BCUT2D eigenvalue weighted by atomic mass is 35.5. The van der Waals surface area contributed by atoms with Crippen LogP contribution in [0.4, 0.5) is 10.1 Å². The number of hydrogen-bond donors (Lipinski definition) is 1. The minimum atomic E-state index is -0.372. The Morgan fingerprint density at radius 2 is 2.29 bits per heavy atom. The lowest BCUT2D eigenvalue weighted by molar-refractivity contribution is 0.628. The van der Waals surface area contributed by atoms with Gasteiger partial charge in [0.2, 0.25) is 0 Å². The molecule has 0 bridgehead atoms. The minimum Gasteiger partial charge on any atom is -0.387 e. The summed E-state index contributed by atoms with van der Waals surface area (Å²) in [6.45, 7) is 2.01. The minimum absolute atomic E-state index is 0.282. The van der Waals surface area contributed by atoms with E-state index in [0.717, 1.165) is 6.42 Å². The monoisotopic (exact) mass is 214 g/mol. The van der Waals surface area contributed by atoms with E-state index in [1.165, 1.54) is 18.2 Å². The van der Waals surface area contributed by atoms with E-state index >= 15 is 0 Å². The third-order valence-corrected chi connectivity index (χ3v) is 1.98. The Morgan fingerprint density at radius 1 is 1.57 bits per heavy atom. The molecule has 0 amide bonds. The molecule has 1 aromatic rings. The van der Waals surface area contributed by atoms with Crippen LogP contribution in [0.2, 0.25) is 5.02 Å². The number of benzene rings is 1. The van der Waals surface area contributed by atoms with Crippen molar-refractivity contribution in [1.29, 1.82) is 0 Å².